The maximum absolute atomic E-state index is 12.5. The number of hydrogen-bond donors (Lipinski definition) is 1. The predicted octanol–water partition coefficient (Wildman–Crippen LogP) is 2.30. The van der Waals surface area contributed by atoms with Crippen LogP contribution in [0.2, 0.25) is 0 Å². The lowest BCUT2D eigenvalue weighted by Gasteiger charge is -2.27. The molecular formula is C19H24N4O3S. The second-order valence-electron chi connectivity index (χ2n) is 6.57. The normalized spacial score (nSPS) is 18.2. The molecule has 0 aliphatic carbocycles. The molecule has 1 fully saturated rings. The Morgan fingerprint density at radius 1 is 1.22 bits per heavy atom. The third-order valence-corrected chi connectivity index (χ3v) is 6.55. The van der Waals surface area contributed by atoms with Crippen molar-refractivity contribution in [1.82, 2.24) is 9.97 Å². The molecule has 0 saturated carbocycles. The quantitative estimate of drug-likeness (QED) is 0.816. The zero-order valence-electron chi connectivity index (χ0n) is 15.6. The Kier molecular flexibility index (Phi) is 5.74. The van der Waals surface area contributed by atoms with E-state index in [4.69, 9.17) is 0 Å². The maximum Gasteiger partial charge on any atom is 0.275 e. The molecule has 0 bridgehead atoms. The first kappa shape index (κ1) is 19.3. The van der Waals surface area contributed by atoms with Gasteiger partial charge in [-0.2, -0.15) is 0 Å². The van der Waals surface area contributed by atoms with Crippen LogP contribution in [-0.4, -0.2) is 48.4 Å². The summed E-state index contributed by atoms with van der Waals surface area (Å²) in [6, 6.07) is 7.55. The van der Waals surface area contributed by atoms with Crippen LogP contribution in [0.1, 0.15) is 36.3 Å². The summed E-state index contributed by atoms with van der Waals surface area (Å²) >= 11 is 0. The summed E-state index contributed by atoms with van der Waals surface area (Å²) in [7, 11) is -2.98. The van der Waals surface area contributed by atoms with E-state index < -0.39 is 9.84 Å². The molecule has 1 aliphatic rings. The fourth-order valence-electron chi connectivity index (χ4n) is 3.35. The Morgan fingerprint density at radius 3 is 2.59 bits per heavy atom. The van der Waals surface area contributed by atoms with E-state index in [1.165, 1.54) is 12.4 Å². The number of aryl methyl sites for hydroxylation is 1. The number of nitrogens with one attached hydrogen (secondary N) is 1. The molecule has 1 aromatic heterocycles. The molecule has 3 rings (SSSR count). The van der Waals surface area contributed by atoms with Gasteiger partial charge in [0.05, 0.1) is 23.9 Å². The largest absolute Gasteiger partial charge is 0.352 e. The molecule has 1 aromatic carbocycles. The first-order valence-corrected chi connectivity index (χ1v) is 10.9. The highest BCUT2D eigenvalue weighted by Gasteiger charge is 2.32. The molecule has 27 heavy (non-hydrogen) atoms. The number of benzene rings is 1. The van der Waals surface area contributed by atoms with Crippen LogP contribution in [-0.2, 0) is 16.3 Å². The average molecular weight is 388 g/mol. The van der Waals surface area contributed by atoms with Gasteiger partial charge in [-0.05, 0) is 31.4 Å². The molecule has 1 N–H and O–H groups in total. The number of hydrogen-bond acceptors (Lipinski definition) is 6. The van der Waals surface area contributed by atoms with E-state index in [0.717, 1.165) is 17.7 Å². The molecule has 1 atom stereocenters. The molecule has 1 saturated heterocycles. The number of rotatable bonds is 6. The number of amides is 1. The predicted molar refractivity (Wildman–Crippen MR) is 106 cm³/mol. The highest BCUT2D eigenvalue weighted by molar-refractivity contribution is 7.91. The minimum atomic E-state index is -2.98. The highest BCUT2D eigenvalue weighted by atomic mass is 32.2. The van der Waals surface area contributed by atoms with Crippen LogP contribution in [0.15, 0.2) is 36.7 Å². The molecule has 2 aromatic rings. The number of para-hydroxylation sites is 1. The van der Waals surface area contributed by atoms with Crippen molar-refractivity contribution in [1.29, 1.82) is 0 Å². The van der Waals surface area contributed by atoms with E-state index in [2.05, 4.69) is 15.3 Å². The monoisotopic (exact) mass is 388 g/mol. The van der Waals surface area contributed by atoms with Gasteiger partial charge in [-0.1, -0.05) is 25.1 Å². The van der Waals surface area contributed by atoms with E-state index in [-0.39, 0.29) is 29.1 Å². The number of nitrogens with zero attached hydrogens (tertiary/aromatic N) is 3. The van der Waals surface area contributed by atoms with Crippen LogP contribution in [0.4, 0.5) is 11.5 Å². The second kappa shape index (κ2) is 8.04. The van der Waals surface area contributed by atoms with Gasteiger partial charge >= 0.3 is 0 Å². The van der Waals surface area contributed by atoms with Gasteiger partial charge in [0.25, 0.3) is 5.91 Å². The Morgan fingerprint density at radius 2 is 2.00 bits per heavy atom. The van der Waals surface area contributed by atoms with Crippen molar-refractivity contribution in [3.05, 3.63) is 47.9 Å². The van der Waals surface area contributed by atoms with Crippen LogP contribution in [0.25, 0.3) is 0 Å². The van der Waals surface area contributed by atoms with Gasteiger partial charge in [-0.25, -0.2) is 18.4 Å². The van der Waals surface area contributed by atoms with Crippen molar-refractivity contribution in [2.24, 2.45) is 0 Å². The smallest absolute Gasteiger partial charge is 0.275 e. The zero-order valence-corrected chi connectivity index (χ0v) is 16.4. The lowest BCUT2D eigenvalue weighted by atomic mass is 10.1. The van der Waals surface area contributed by atoms with E-state index in [1.54, 1.807) is 0 Å². The zero-order chi connectivity index (χ0) is 19.4. The Hall–Kier alpha value is -2.48. The minimum Gasteiger partial charge on any atom is -0.352 e. The van der Waals surface area contributed by atoms with Gasteiger partial charge in [0.1, 0.15) is 11.5 Å². The van der Waals surface area contributed by atoms with E-state index in [0.29, 0.717) is 18.8 Å². The van der Waals surface area contributed by atoms with Gasteiger partial charge in [0, 0.05) is 18.3 Å². The third kappa shape index (κ3) is 4.44. The molecule has 1 amide bonds. The van der Waals surface area contributed by atoms with Crippen LogP contribution in [0.3, 0.4) is 0 Å². The molecule has 0 spiro atoms. The van der Waals surface area contributed by atoms with Crippen LogP contribution >= 0.6 is 0 Å². The molecule has 1 aliphatic heterocycles. The molecule has 7 nitrogen and oxygen atoms in total. The highest BCUT2D eigenvalue weighted by Crippen LogP contribution is 2.22. The number of carbonyl (C=O) groups excluding carboxylic acids is 1. The lowest BCUT2D eigenvalue weighted by Crippen LogP contribution is -2.36. The fourth-order valence-corrected chi connectivity index (χ4v) is 5.08. The van der Waals surface area contributed by atoms with Crippen molar-refractivity contribution in [3.8, 4) is 0 Å². The second-order valence-corrected chi connectivity index (χ2v) is 8.80. The lowest BCUT2D eigenvalue weighted by molar-refractivity contribution is 0.102. The summed E-state index contributed by atoms with van der Waals surface area (Å²) in [5, 5.41) is 2.87. The number of sulfone groups is 1. The number of carbonyl (C=O) groups is 1. The van der Waals surface area contributed by atoms with Crippen molar-refractivity contribution < 1.29 is 13.2 Å². The summed E-state index contributed by atoms with van der Waals surface area (Å²) in [5.74, 6) is 0.615. The fraction of sp³-hybridized carbons (Fsp3) is 0.421. The van der Waals surface area contributed by atoms with E-state index >= 15 is 0 Å². The molecule has 1 unspecified atom stereocenters. The Balaban J connectivity index is 1.73. The summed E-state index contributed by atoms with van der Waals surface area (Å²) in [5.41, 5.74) is 2.04. The van der Waals surface area contributed by atoms with Gasteiger partial charge in [0.15, 0.2) is 9.84 Å². The first-order chi connectivity index (χ1) is 12.9. The summed E-state index contributed by atoms with van der Waals surface area (Å²) in [4.78, 5) is 23.0. The Labute approximate surface area is 159 Å². The summed E-state index contributed by atoms with van der Waals surface area (Å²) in [6.45, 7) is 4.61. The van der Waals surface area contributed by atoms with Crippen molar-refractivity contribution in [2.75, 3.05) is 28.3 Å². The SMILES string of the molecule is CCc1ccccc1NC(=O)c1cnc(N(CC)C2CCS(=O)(=O)C2)cn1. The van der Waals surface area contributed by atoms with Gasteiger partial charge in [0.2, 0.25) is 0 Å². The van der Waals surface area contributed by atoms with Gasteiger partial charge < -0.3 is 10.2 Å². The third-order valence-electron chi connectivity index (χ3n) is 4.80. The van der Waals surface area contributed by atoms with Crippen molar-refractivity contribution in [3.63, 3.8) is 0 Å². The van der Waals surface area contributed by atoms with Gasteiger partial charge in [-0.3, -0.25) is 4.79 Å². The topological polar surface area (TPSA) is 92.3 Å². The van der Waals surface area contributed by atoms with Crippen LogP contribution < -0.4 is 10.2 Å². The number of anilines is 2. The van der Waals surface area contributed by atoms with Gasteiger partial charge in [-0.15, -0.1) is 0 Å². The standard InChI is InChI=1S/C19H24N4O3S/c1-3-14-7-5-6-8-16(14)22-19(24)17-11-21-18(12-20-17)23(4-2)15-9-10-27(25,26)13-15/h5-8,11-12,15H,3-4,9-10,13H2,1-2H3,(H,22,24). The molecular weight excluding hydrogens is 364 g/mol. The first-order valence-electron chi connectivity index (χ1n) is 9.12. The van der Waals surface area contributed by atoms with Crippen LogP contribution in [0, 0.1) is 0 Å². The number of aromatic nitrogens is 2. The Bertz CT molecular complexity index is 913. The van der Waals surface area contributed by atoms with E-state index in [1.807, 2.05) is 43.0 Å². The summed E-state index contributed by atoms with van der Waals surface area (Å²) < 4.78 is 23.5. The average Bonchev–Trinajstić information content (AvgIpc) is 3.03. The molecule has 0 radical (unpaired) electrons. The molecule has 144 valence electrons. The van der Waals surface area contributed by atoms with E-state index in [9.17, 15) is 13.2 Å². The maximum atomic E-state index is 12.5. The van der Waals surface area contributed by atoms with Crippen molar-refractivity contribution in [2.45, 2.75) is 32.7 Å². The molecule has 8 heteroatoms. The van der Waals surface area contributed by atoms with Crippen molar-refractivity contribution >= 4 is 27.2 Å². The summed E-state index contributed by atoms with van der Waals surface area (Å²) in [6.07, 6.45) is 4.38. The molecule has 2 heterocycles. The minimum absolute atomic E-state index is 0.0922. The van der Waals surface area contributed by atoms with Crippen LogP contribution in [0.5, 0.6) is 0 Å².